The van der Waals surface area contributed by atoms with Crippen LogP contribution in [0.4, 0.5) is 5.69 Å². The standard InChI is InChI=1S/C27H25N3O5/c1-29-13-14-35-22-11-10-17(15-20(22)29)25(31)23-24(19-8-3-4-9-21(19)34-2)30(27(33)26(23)32)16-18-7-5-6-12-28-18/h3-12,15,24,31H,13-14,16H2,1-2H3/b25-23+. The molecule has 3 heterocycles. The van der Waals surface area contributed by atoms with Crippen LogP contribution >= 0.6 is 0 Å². The number of ketones is 1. The number of rotatable bonds is 5. The van der Waals surface area contributed by atoms with Crippen molar-refractivity contribution in [2.45, 2.75) is 12.6 Å². The van der Waals surface area contributed by atoms with Gasteiger partial charge in [0.2, 0.25) is 0 Å². The van der Waals surface area contributed by atoms with Crippen molar-refractivity contribution in [1.82, 2.24) is 9.88 Å². The predicted octanol–water partition coefficient (Wildman–Crippen LogP) is 3.54. The van der Waals surface area contributed by atoms with E-state index in [0.29, 0.717) is 41.5 Å². The number of aliphatic hydroxyl groups excluding tert-OH is 1. The third kappa shape index (κ3) is 3.97. The molecular formula is C27H25N3O5. The molecule has 1 atom stereocenters. The van der Waals surface area contributed by atoms with Crippen molar-refractivity contribution < 1.29 is 24.2 Å². The number of likely N-dealkylation sites (tertiary alicyclic amines) is 1. The number of aromatic nitrogens is 1. The van der Waals surface area contributed by atoms with Gasteiger partial charge in [0, 0.05) is 24.4 Å². The highest BCUT2D eigenvalue weighted by molar-refractivity contribution is 6.46. The fraction of sp³-hybridized carbons (Fsp3) is 0.222. The van der Waals surface area contributed by atoms with E-state index < -0.39 is 17.7 Å². The molecule has 2 aliphatic rings. The average molecular weight is 472 g/mol. The Morgan fingerprint density at radius 1 is 1.14 bits per heavy atom. The smallest absolute Gasteiger partial charge is 0.296 e. The number of anilines is 1. The van der Waals surface area contributed by atoms with Crippen LogP contribution in [0.2, 0.25) is 0 Å². The van der Waals surface area contributed by atoms with Crippen molar-refractivity contribution in [2.24, 2.45) is 0 Å². The maximum absolute atomic E-state index is 13.4. The maximum atomic E-state index is 13.4. The first-order chi connectivity index (χ1) is 17.0. The molecule has 1 saturated heterocycles. The van der Waals surface area contributed by atoms with E-state index in [0.717, 1.165) is 5.69 Å². The van der Waals surface area contributed by atoms with E-state index in [4.69, 9.17) is 9.47 Å². The van der Waals surface area contributed by atoms with E-state index in [1.54, 1.807) is 48.7 Å². The second kappa shape index (κ2) is 9.13. The molecule has 35 heavy (non-hydrogen) atoms. The number of Topliss-reactive ketones (excluding diaryl/α,β-unsaturated/α-hetero) is 1. The zero-order chi connectivity index (χ0) is 24.5. The molecule has 0 spiro atoms. The van der Waals surface area contributed by atoms with E-state index >= 15 is 0 Å². The van der Waals surface area contributed by atoms with Crippen molar-refractivity contribution in [3.05, 3.63) is 89.3 Å². The first-order valence-corrected chi connectivity index (χ1v) is 11.3. The molecule has 1 N–H and O–H groups in total. The van der Waals surface area contributed by atoms with Crippen LogP contribution in [-0.4, -0.2) is 54.0 Å². The molecule has 0 bridgehead atoms. The number of benzene rings is 2. The van der Waals surface area contributed by atoms with Crippen molar-refractivity contribution in [2.75, 3.05) is 32.2 Å². The first-order valence-electron chi connectivity index (χ1n) is 11.3. The molecular weight excluding hydrogens is 446 g/mol. The number of hydrogen-bond donors (Lipinski definition) is 1. The van der Waals surface area contributed by atoms with Gasteiger partial charge in [-0.3, -0.25) is 14.6 Å². The Morgan fingerprint density at radius 3 is 2.71 bits per heavy atom. The lowest BCUT2D eigenvalue weighted by Gasteiger charge is -2.28. The molecule has 8 nitrogen and oxygen atoms in total. The number of nitrogens with zero attached hydrogens (tertiary/aromatic N) is 3. The van der Waals surface area contributed by atoms with Crippen molar-refractivity contribution >= 4 is 23.1 Å². The summed E-state index contributed by atoms with van der Waals surface area (Å²) in [6.07, 6.45) is 1.63. The van der Waals surface area contributed by atoms with Crippen LogP contribution in [0.25, 0.3) is 5.76 Å². The number of ether oxygens (including phenoxy) is 2. The van der Waals surface area contributed by atoms with Gasteiger partial charge in [0.25, 0.3) is 11.7 Å². The zero-order valence-electron chi connectivity index (χ0n) is 19.5. The number of amides is 1. The van der Waals surface area contributed by atoms with Crippen LogP contribution in [0.15, 0.2) is 72.4 Å². The Labute approximate surface area is 203 Å². The maximum Gasteiger partial charge on any atom is 0.296 e. The molecule has 0 saturated carbocycles. The van der Waals surface area contributed by atoms with Crippen molar-refractivity contribution in [3.63, 3.8) is 0 Å². The summed E-state index contributed by atoms with van der Waals surface area (Å²) in [4.78, 5) is 34.4. The summed E-state index contributed by atoms with van der Waals surface area (Å²) in [5.74, 6) is -0.491. The highest BCUT2D eigenvalue weighted by Crippen LogP contribution is 2.44. The summed E-state index contributed by atoms with van der Waals surface area (Å²) < 4.78 is 11.3. The largest absolute Gasteiger partial charge is 0.507 e. The Hall–Kier alpha value is -4.33. The van der Waals surface area contributed by atoms with Crippen LogP contribution in [0.5, 0.6) is 11.5 Å². The van der Waals surface area contributed by atoms with Crippen molar-refractivity contribution in [3.8, 4) is 11.5 Å². The molecule has 0 radical (unpaired) electrons. The second-order valence-corrected chi connectivity index (χ2v) is 8.44. The fourth-order valence-corrected chi connectivity index (χ4v) is 4.58. The third-order valence-electron chi connectivity index (χ3n) is 6.36. The highest BCUT2D eigenvalue weighted by Gasteiger charge is 2.47. The minimum absolute atomic E-state index is 0.00904. The Bertz CT molecular complexity index is 1320. The Balaban J connectivity index is 1.67. The molecule has 1 amide bonds. The van der Waals surface area contributed by atoms with E-state index in [1.165, 1.54) is 12.0 Å². The van der Waals surface area contributed by atoms with Crippen LogP contribution in [0.1, 0.15) is 22.9 Å². The van der Waals surface area contributed by atoms with Crippen LogP contribution in [-0.2, 0) is 16.1 Å². The number of pyridine rings is 1. The molecule has 1 unspecified atom stereocenters. The number of hydrogen-bond acceptors (Lipinski definition) is 7. The quantitative estimate of drug-likeness (QED) is 0.346. The molecule has 1 fully saturated rings. The van der Waals surface area contributed by atoms with Crippen LogP contribution < -0.4 is 14.4 Å². The van der Waals surface area contributed by atoms with E-state index in [-0.39, 0.29) is 17.9 Å². The van der Waals surface area contributed by atoms with Gasteiger partial charge in [0.1, 0.15) is 23.9 Å². The van der Waals surface area contributed by atoms with Gasteiger partial charge in [-0.2, -0.15) is 0 Å². The van der Waals surface area contributed by atoms with Gasteiger partial charge in [0.15, 0.2) is 0 Å². The summed E-state index contributed by atoms with van der Waals surface area (Å²) >= 11 is 0. The van der Waals surface area contributed by atoms with E-state index in [2.05, 4.69) is 4.98 Å². The third-order valence-corrected chi connectivity index (χ3v) is 6.36. The summed E-state index contributed by atoms with van der Waals surface area (Å²) in [5.41, 5.74) is 2.47. The van der Waals surface area contributed by atoms with Crippen LogP contribution in [0.3, 0.4) is 0 Å². The van der Waals surface area contributed by atoms with Gasteiger partial charge in [-0.15, -0.1) is 0 Å². The van der Waals surface area contributed by atoms with Gasteiger partial charge < -0.3 is 24.4 Å². The summed E-state index contributed by atoms with van der Waals surface area (Å²) in [6.45, 7) is 1.37. The number of aliphatic hydroxyl groups is 1. The summed E-state index contributed by atoms with van der Waals surface area (Å²) in [7, 11) is 3.47. The van der Waals surface area contributed by atoms with Crippen molar-refractivity contribution in [1.29, 1.82) is 0 Å². The summed E-state index contributed by atoms with van der Waals surface area (Å²) in [6, 6.07) is 17.0. The predicted molar refractivity (Wildman–Crippen MR) is 130 cm³/mol. The minimum atomic E-state index is -0.849. The van der Waals surface area contributed by atoms with Gasteiger partial charge in [-0.1, -0.05) is 24.3 Å². The SMILES string of the molecule is COc1ccccc1C1/C(=C(\O)c2ccc3c(c2)N(C)CCO3)C(=O)C(=O)N1Cc1ccccn1. The van der Waals surface area contributed by atoms with Gasteiger partial charge in [0.05, 0.1) is 43.2 Å². The van der Waals surface area contributed by atoms with Crippen LogP contribution in [0, 0.1) is 0 Å². The highest BCUT2D eigenvalue weighted by atomic mass is 16.5. The van der Waals surface area contributed by atoms with Gasteiger partial charge >= 0.3 is 0 Å². The lowest BCUT2D eigenvalue weighted by Crippen LogP contribution is -2.29. The van der Waals surface area contributed by atoms with Gasteiger partial charge in [-0.05, 0) is 36.4 Å². The lowest BCUT2D eigenvalue weighted by molar-refractivity contribution is -0.140. The molecule has 5 rings (SSSR count). The molecule has 0 aliphatic carbocycles. The number of carbonyl (C=O) groups excluding carboxylic acids is 2. The Morgan fingerprint density at radius 2 is 1.94 bits per heavy atom. The number of carbonyl (C=O) groups is 2. The minimum Gasteiger partial charge on any atom is -0.507 e. The molecule has 178 valence electrons. The fourth-order valence-electron chi connectivity index (χ4n) is 4.58. The summed E-state index contributed by atoms with van der Waals surface area (Å²) in [5, 5.41) is 11.4. The first kappa shape index (κ1) is 22.5. The average Bonchev–Trinajstić information content (AvgIpc) is 3.13. The molecule has 2 aromatic carbocycles. The molecule has 3 aromatic rings. The number of para-hydroxylation sites is 1. The second-order valence-electron chi connectivity index (χ2n) is 8.44. The van der Waals surface area contributed by atoms with E-state index in [1.807, 2.05) is 30.1 Å². The monoisotopic (exact) mass is 471 g/mol. The number of methoxy groups -OCH3 is 1. The lowest BCUT2D eigenvalue weighted by atomic mass is 9.94. The van der Waals surface area contributed by atoms with Gasteiger partial charge in [-0.25, -0.2) is 0 Å². The van der Waals surface area contributed by atoms with E-state index in [9.17, 15) is 14.7 Å². The number of fused-ring (bicyclic) bond motifs is 1. The molecule has 8 heteroatoms. The zero-order valence-corrected chi connectivity index (χ0v) is 19.5. The molecule has 1 aromatic heterocycles. The normalized spacial score (nSPS) is 18.9. The number of likely N-dealkylation sites (N-methyl/N-ethyl adjacent to an activating group) is 1. The topological polar surface area (TPSA) is 92.2 Å². The Kier molecular flexibility index (Phi) is 5.86. The molecule has 2 aliphatic heterocycles.